The highest BCUT2D eigenvalue weighted by Gasteiger charge is 2.39. The number of carbonyl (C=O) groups excluding carboxylic acids is 4. The molecule has 0 saturated heterocycles. The van der Waals surface area contributed by atoms with Crippen molar-refractivity contribution in [1.29, 1.82) is 0 Å². The molecule has 5 rings (SSSR count). The molecule has 3 amide bonds. The van der Waals surface area contributed by atoms with Crippen molar-refractivity contribution >= 4 is 40.6 Å². The summed E-state index contributed by atoms with van der Waals surface area (Å²) in [5, 5.41) is 2.95. The molecule has 3 aromatic carbocycles. The van der Waals surface area contributed by atoms with E-state index in [0.717, 1.165) is 5.69 Å². The van der Waals surface area contributed by atoms with Gasteiger partial charge in [0.05, 0.1) is 11.3 Å². The molecule has 0 unspecified atom stereocenters. The molecule has 0 fully saturated rings. The summed E-state index contributed by atoms with van der Waals surface area (Å²) in [6.07, 6.45) is 3.25. The van der Waals surface area contributed by atoms with E-state index < -0.39 is 36.1 Å². The molecule has 1 N–H and O–H groups in total. The summed E-state index contributed by atoms with van der Waals surface area (Å²) in [7, 11) is 3.86. The smallest absolute Gasteiger partial charge is 0.299 e. The van der Waals surface area contributed by atoms with Crippen LogP contribution in [0.5, 0.6) is 0 Å². The molecule has 1 aliphatic rings. The number of benzene rings is 3. The molecule has 9 nitrogen and oxygen atoms in total. The van der Waals surface area contributed by atoms with Gasteiger partial charge in [-0.05, 0) is 53.6 Å². The average Bonchev–Trinajstić information content (AvgIpc) is 3.23. The number of hydrogen-bond donors (Lipinski definition) is 1. The van der Waals surface area contributed by atoms with Crippen LogP contribution in [0.25, 0.3) is 0 Å². The van der Waals surface area contributed by atoms with Crippen molar-refractivity contribution in [1.82, 2.24) is 9.88 Å². The summed E-state index contributed by atoms with van der Waals surface area (Å²) in [6.45, 7) is -0.354. The van der Waals surface area contributed by atoms with Gasteiger partial charge < -0.3 is 15.1 Å². The van der Waals surface area contributed by atoms with Crippen molar-refractivity contribution in [3.63, 3.8) is 0 Å². The normalized spacial score (nSPS) is 13.0. The fourth-order valence-corrected chi connectivity index (χ4v) is 4.80. The van der Waals surface area contributed by atoms with Crippen molar-refractivity contribution in [2.75, 3.05) is 35.8 Å². The molecule has 4 aromatic rings. The fourth-order valence-electron chi connectivity index (χ4n) is 4.80. The molecule has 41 heavy (non-hydrogen) atoms. The van der Waals surface area contributed by atoms with Crippen LogP contribution in [-0.4, -0.2) is 54.0 Å². The lowest BCUT2D eigenvalue weighted by atomic mass is 10.0. The van der Waals surface area contributed by atoms with Gasteiger partial charge in [-0.25, -0.2) is 0 Å². The predicted molar refractivity (Wildman–Crippen MR) is 156 cm³/mol. The number of ketones is 1. The van der Waals surface area contributed by atoms with E-state index in [0.29, 0.717) is 22.5 Å². The van der Waals surface area contributed by atoms with E-state index in [1.54, 1.807) is 79.1 Å². The summed E-state index contributed by atoms with van der Waals surface area (Å²) in [5.41, 5.74) is 3.47. The molecule has 0 aliphatic carbocycles. The molecule has 0 spiro atoms. The molecule has 1 aromatic heterocycles. The molecular formula is C32H29N5O4. The Balaban J connectivity index is 1.51. The third kappa shape index (κ3) is 5.84. The van der Waals surface area contributed by atoms with E-state index in [-0.39, 0.29) is 12.1 Å². The number of anilines is 3. The van der Waals surface area contributed by atoms with Gasteiger partial charge in [0.2, 0.25) is 5.91 Å². The Morgan fingerprint density at radius 2 is 1.59 bits per heavy atom. The van der Waals surface area contributed by atoms with E-state index in [9.17, 15) is 19.2 Å². The zero-order valence-electron chi connectivity index (χ0n) is 22.7. The number of rotatable bonds is 9. The predicted octanol–water partition coefficient (Wildman–Crippen LogP) is 4.09. The summed E-state index contributed by atoms with van der Waals surface area (Å²) in [5.74, 6) is -2.36. The van der Waals surface area contributed by atoms with Crippen LogP contribution in [0.4, 0.5) is 17.1 Å². The lowest BCUT2D eigenvalue weighted by molar-refractivity contribution is -0.139. The van der Waals surface area contributed by atoms with Gasteiger partial charge in [0.1, 0.15) is 12.6 Å². The van der Waals surface area contributed by atoms with Crippen molar-refractivity contribution in [3.8, 4) is 0 Å². The summed E-state index contributed by atoms with van der Waals surface area (Å²) >= 11 is 0. The molecule has 1 atom stereocenters. The second-order valence-electron chi connectivity index (χ2n) is 9.86. The number of para-hydroxylation sites is 1. The maximum absolute atomic E-state index is 14.1. The van der Waals surface area contributed by atoms with Crippen LogP contribution in [-0.2, 0) is 20.9 Å². The topological polar surface area (TPSA) is 103 Å². The molecule has 9 heteroatoms. The molecule has 0 bridgehead atoms. The molecule has 0 radical (unpaired) electrons. The minimum atomic E-state index is -1.04. The van der Waals surface area contributed by atoms with Gasteiger partial charge in [0, 0.05) is 44.4 Å². The quantitative estimate of drug-likeness (QED) is 0.317. The maximum Gasteiger partial charge on any atom is 0.299 e. The van der Waals surface area contributed by atoms with Crippen LogP contribution in [0.2, 0.25) is 0 Å². The monoisotopic (exact) mass is 547 g/mol. The fraction of sp³-hybridized carbons (Fsp3) is 0.156. The van der Waals surface area contributed by atoms with Gasteiger partial charge in [-0.1, -0.05) is 48.5 Å². The standard InChI is InChI=1S/C32H29N5O4/c1-35(2)25-16-14-24(15-17-25)34-31(40)29(23-10-4-3-5-11-23)37(20-22-9-8-18-33-19-22)28(38)21-36-27-13-7-6-12-26(27)30(39)32(36)41/h3-19,29H,20-21H2,1-2H3,(H,34,40)/t29-/m0/s1. The second kappa shape index (κ2) is 11.8. The SMILES string of the molecule is CN(C)c1ccc(NC(=O)[C@H](c2ccccc2)N(Cc2cccnc2)C(=O)CN2C(=O)C(=O)c3ccccc32)cc1. The Hall–Kier alpha value is -5.31. The summed E-state index contributed by atoms with van der Waals surface area (Å²) in [4.78, 5) is 62.2. The second-order valence-corrected chi connectivity index (χ2v) is 9.86. The third-order valence-electron chi connectivity index (χ3n) is 6.89. The first kappa shape index (κ1) is 27.3. The van der Waals surface area contributed by atoms with Crippen molar-refractivity contribution in [3.05, 3.63) is 120 Å². The summed E-state index contributed by atoms with van der Waals surface area (Å²) < 4.78 is 0. The number of fused-ring (bicyclic) bond motifs is 1. The minimum Gasteiger partial charge on any atom is -0.378 e. The molecule has 2 heterocycles. The van der Waals surface area contributed by atoms with Crippen LogP contribution in [0.1, 0.15) is 27.5 Å². The zero-order valence-corrected chi connectivity index (χ0v) is 22.7. The van der Waals surface area contributed by atoms with E-state index in [1.807, 2.05) is 43.3 Å². The Morgan fingerprint density at radius 3 is 2.27 bits per heavy atom. The van der Waals surface area contributed by atoms with Crippen LogP contribution in [0.3, 0.4) is 0 Å². The Bertz CT molecular complexity index is 1570. The van der Waals surface area contributed by atoms with E-state index >= 15 is 0 Å². The van der Waals surface area contributed by atoms with Crippen molar-refractivity contribution < 1.29 is 19.2 Å². The van der Waals surface area contributed by atoms with Crippen LogP contribution in [0.15, 0.2) is 103 Å². The number of pyridine rings is 1. The number of nitrogens with one attached hydrogen (secondary N) is 1. The maximum atomic E-state index is 14.1. The number of Topliss-reactive ketones (excluding diaryl/α,β-unsaturated/α-hetero) is 1. The van der Waals surface area contributed by atoms with Crippen molar-refractivity contribution in [2.24, 2.45) is 0 Å². The Labute approximate surface area is 238 Å². The highest BCUT2D eigenvalue weighted by atomic mass is 16.2. The Kier molecular flexibility index (Phi) is 7.87. The lowest BCUT2D eigenvalue weighted by Crippen LogP contribution is -2.46. The minimum absolute atomic E-state index is 0.0524. The van der Waals surface area contributed by atoms with Gasteiger partial charge in [-0.15, -0.1) is 0 Å². The molecule has 206 valence electrons. The molecule has 0 saturated carbocycles. The number of carbonyl (C=O) groups is 4. The first-order valence-corrected chi connectivity index (χ1v) is 13.1. The number of aromatic nitrogens is 1. The molecule has 1 aliphatic heterocycles. The highest BCUT2D eigenvalue weighted by Crippen LogP contribution is 2.30. The molecular weight excluding hydrogens is 518 g/mol. The van der Waals surface area contributed by atoms with Crippen LogP contribution >= 0.6 is 0 Å². The largest absolute Gasteiger partial charge is 0.378 e. The third-order valence-corrected chi connectivity index (χ3v) is 6.89. The van der Waals surface area contributed by atoms with Gasteiger partial charge in [0.15, 0.2) is 0 Å². The number of hydrogen-bond acceptors (Lipinski definition) is 6. The van der Waals surface area contributed by atoms with E-state index in [1.165, 1.54) is 9.80 Å². The summed E-state index contributed by atoms with van der Waals surface area (Å²) in [6, 6.07) is 25.5. The first-order valence-electron chi connectivity index (χ1n) is 13.1. The Morgan fingerprint density at radius 1 is 0.878 bits per heavy atom. The van der Waals surface area contributed by atoms with E-state index in [2.05, 4.69) is 10.3 Å². The number of nitrogens with zero attached hydrogens (tertiary/aromatic N) is 4. The van der Waals surface area contributed by atoms with E-state index in [4.69, 9.17) is 0 Å². The van der Waals surface area contributed by atoms with Crippen LogP contribution < -0.4 is 15.1 Å². The van der Waals surface area contributed by atoms with Crippen LogP contribution in [0, 0.1) is 0 Å². The number of amides is 3. The zero-order chi connectivity index (χ0) is 28.9. The van der Waals surface area contributed by atoms with Gasteiger partial charge in [-0.3, -0.25) is 29.1 Å². The van der Waals surface area contributed by atoms with Crippen molar-refractivity contribution in [2.45, 2.75) is 12.6 Å². The lowest BCUT2D eigenvalue weighted by Gasteiger charge is -2.33. The highest BCUT2D eigenvalue weighted by molar-refractivity contribution is 6.52. The average molecular weight is 548 g/mol. The van der Waals surface area contributed by atoms with Gasteiger partial charge in [-0.2, -0.15) is 0 Å². The van der Waals surface area contributed by atoms with Gasteiger partial charge >= 0.3 is 0 Å². The van der Waals surface area contributed by atoms with Gasteiger partial charge in [0.25, 0.3) is 17.6 Å². The first-order chi connectivity index (χ1) is 19.8.